The molecule has 0 radical (unpaired) electrons. The van der Waals surface area contributed by atoms with Crippen molar-refractivity contribution in [1.82, 2.24) is 9.55 Å². The maximum absolute atomic E-state index is 10.6. The fourth-order valence-corrected chi connectivity index (χ4v) is 1.72. The number of hydrogen-bond donors (Lipinski definition) is 1. The summed E-state index contributed by atoms with van der Waals surface area (Å²) in [7, 11) is 1.72. The van der Waals surface area contributed by atoms with Gasteiger partial charge in [-0.1, -0.05) is 18.7 Å². The Morgan fingerprint density at radius 1 is 1.77 bits per heavy atom. The third-order valence-electron chi connectivity index (χ3n) is 1.60. The lowest BCUT2D eigenvalue weighted by Gasteiger charge is -2.00. The Kier molecular flexibility index (Phi) is 3.36. The standard InChI is InChI=1S/C8H12N2O2S/c1-3-4-13-8-9-5-6(7(11)12)10(8)2/h5H,3-4H2,1-2H3,(H,11,12). The molecule has 1 aromatic rings. The van der Waals surface area contributed by atoms with Crippen LogP contribution >= 0.6 is 11.8 Å². The van der Waals surface area contributed by atoms with Crippen LogP contribution in [0.4, 0.5) is 0 Å². The van der Waals surface area contributed by atoms with Crippen LogP contribution in [0.5, 0.6) is 0 Å². The van der Waals surface area contributed by atoms with Crippen molar-refractivity contribution in [3.8, 4) is 0 Å². The zero-order valence-electron chi connectivity index (χ0n) is 7.65. The number of carboxylic acids is 1. The number of carboxylic acid groups (broad SMARTS) is 1. The Morgan fingerprint density at radius 2 is 2.46 bits per heavy atom. The molecule has 0 spiro atoms. The summed E-state index contributed by atoms with van der Waals surface area (Å²) in [6.45, 7) is 2.08. The molecular weight excluding hydrogens is 188 g/mol. The van der Waals surface area contributed by atoms with E-state index in [1.165, 1.54) is 6.20 Å². The second kappa shape index (κ2) is 4.32. The van der Waals surface area contributed by atoms with E-state index in [9.17, 15) is 4.79 Å². The third-order valence-corrected chi connectivity index (χ3v) is 2.85. The van der Waals surface area contributed by atoms with Crippen molar-refractivity contribution in [2.75, 3.05) is 5.75 Å². The van der Waals surface area contributed by atoms with E-state index in [2.05, 4.69) is 11.9 Å². The molecule has 0 aliphatic heterocycles. The van der Waals surface area contributed by atoms with Gasteiger partial charge in [0.25, 0.3) is 0 Å². The molecule has 0 unspecified atom stereocenters. The van der Waals surface area contributed by atoms with Crippen LogP contribution in [0.2, 0.25) is 0 Å². The van der Waals surface area contributed by atoms with Crippen LogP contribution in [0.1, 0.15) is 23.8 Å². The number of aromatic carboxylic acids is 1. The normalized spacial score (nSPS) is 10.3. The molecule has 0 aromatic carbocycles. The predicted molar refractivity (Wildman–Crippen MR) is 51.2 cm³/mol. The summed E-state index contributed by atoms with van der Waals surface area (Å²) in [4.78, 5) is 14.7. The van der Waals surface area contributed by atoms with Crippen molar-refractivity contribution >= 4 is 17.7 Å². The van der Waals surface area contributed by atoms with Gasteiger partial charge >= 0.3 is 5.97 Å². The zero-order valence-corrected chi connectivity index (χ0v) is 8.47. The van der Waals surface area contributed by atoms with Crippen molar-refractivity contribution < 1.29 is 9.90 Å². The summed E-state index contributed by atoms with van der Waals surface area (Å²) >= 11 is 1.57. The Labute approximate surface area is 81.0 Å². The van der Waals surface area contributed by atoms with E-state index in [-0.39, 0.29) is 5.69 Å². The maximum Gasteiger partial charge on any atom is 0.354 e. The minimum atomic E-state index is -0.932. The first-order valence-electron chi connectivity index (χ1n) is 4.04. The molecule has 1 rings (SSSR count). The van der Waals surface area contributed by atoms with Crippen LogP contribution in [-0.2, 0) is 7.05 Å². The second-order valence-corrected chi connectivity index (χ2v) is 3.70. The van der Waals surface area contributed by atoms with Crippen LogP contribution in [0, 0.1) is 0 Å². The zero-order chi connectivity index (χ0) is 9.84. The van der Waals surface area contributed by atoms with E-state index in [0.717, 1.165) is 17.3 Å². The molecule has 0 bridgehead atoms. The van der Waals surface area contributed by atoms with Crippen LogP contribution in [0.25, 0.3) is 0 Å². The Morgan fingerprint density at radius 3 is 2.92 bits per heavy atom. The number of aromatic nitrogens is 2. The van der Waals surface area contributed by atoms with Gasteiger partial charge < -0.3 is 9.67 Å². The highest BCUT2D eigenvalue weighted by Gasteiger charge is 2.11. The molecule has 72 valence electrons. The van der Waals surface area contributed by atoms with Gasteiger partial charge in [0.1, 0.15) is 5.69 Å². The molecule has 0 fully saturated rings. The summed E-state index contributed by atoms with van der Waals surface area (Å²) in [6, 6.07) is 0. The Balaban J connectivity index is 2.80. The summed E-state index contributed by atoms with van der Waals surface area (Å²) < 4.78 is 1.60. The van der Waals surface area contributed by atoms with E-state index < -0.39 is 5.97 Å². The highest BCUT2D eigenvalue weighted by Crippen LogP contribution is 2.17. The second-order valence-electron chi connectivity index (χ2n) is 2.64. The van der Waals surface area contributed by atoms with Gasteiger partial charge in [-0.25, -0.2) is 9.78 Å². The third kappa shape index (κ3) is 2.24. The molecule has 0 saturated heterocycles. The van der Waals surface area contributed by atoms with Crippen molar-refractivity contribution in [3.63, 3.8) is 0 Å². The van der Waals surface area contributed by atoms with Gasteiger partial charge in [-0.2, -0.15) is 0 Å². The number of hydrogen-bond acceptors (Lipinski definition) is 3. The van der Waals surface area contributed by atoms with E-state index in [1.54, 1.807) is 23.4 Å². The molecule has 0 atom stereocenters. The van der Waals surface area contributed by atoms with Crippen LogP contribution in [0.3, 0.4) is 0 Å². The lowest BCUT2D eigenvalue weighted by Crippen LogP contribution is -2.04. The Hall–Kier alpha value is -0.970. The molecule has 1 N–H and O–H groups in total. The molecular formula is C8H12N2O2S. The largest absolute Gasteiger partial charge is 0.477 e. The number of thioether (sulfide) groups is 1. The van der Waals surface area contributed by atoms with Gasteiger partial charge in [0.15, 0.2) is 5.16 Å². The van der Waals surface area contributed by atoms with Gasteiger partial charge in [-0.05, 0) is 6.42 Å². The minimum Gasteiger partial charge on any atom is -0.477 e. The first-order valence-corrected chi connectivity index (χ1v) is 5.03. The molecule has 0 saturated carbocycles. The first-order chi connectivity index (χ1) is 6.16. The maximum atomic E-state index is 10.6. The molecule has 1 heterocycles. The predicted octanol–water partition coefficient (Wildman–Crippen LogP) is 1.62. The molecule has 0 amide bonds. The highest BCUT2D eigenvalue weighted by molar-refractivity contribution is 7.99. The van der Waals surface area contributed by atoms with Crippen molar-refractivity contribution in [2.45, 2.75) is 18.5 Å². The van der Waals surface area contributed by atoms with E-state index in [1.807, 2.05) is 0 Å². The average molecular weight is 200 g/mol. The number of nitrogens with zero attached hydrogens (tertiary/aromatic N) is 2. The summed E-state index contributed by atoms with van der Waals surface area (Å²) in [5, 5.41) is 9.50. The molecule has 13 heavy (non-hydrogen) atoms. The van der Waals surface area contributed by atoms with Crippen molar-refractivity contribution in [2.24, 2.45) is 7.05 Å². The summed E-state index contributed by atoms with van der Waals surface area (Å²) in [5.74, 6) is 0.0301. The van der Waals surface area contributed by atoms with E-state index >= 15 is 0 Å². The van der Waals surface area contributed by atoms with Crippen LogP contribution in [0.15, 0.2) is 11.4 Å². The van der Waals surface area contributed by atoms with E-state index in [4.69, 9.17) is 5.11 Å². The van der Waals surface area contributed by atoms with Crippen molar-refractivity contribution in [3.05, 3.63) is 11.9 Å². The molecule has 1 aromatic heterocycles. The topological polar surface area (TPSA) is 55.1 Å². The highest BCUT2D eigenvalue weighted by atomic mass is 32.2. The SMILES string of the molecule is CCCSc1ncc(C(=O)O)n1C. The lowest BCUT2D eigenvalue weighted by atomic mass is 10.5. The molecule has 4 nitrogen and oxygen atoms in total. The number of imidazole rings is 1. The first kappa shape index (κ1) is 10.1. The van der Waals surface area contributed by atoms with Crippen molar-refractivity contribution in [1.29, 1.82) is 0 Å². The van der Waals surface area contributed by atoms with Crippen LogP contribution in [-0.4, -0.2) is 26.4 Å². The van der Waals surface area contributed by atoms with Gasteiger partial charge in [-0.3, -0.25) is 0 Å². The fourth-order valence-electron chi connectivity index (χ4n) is 0.919. The summed E-state index contributed by atoms with van der Waals surface area (Å²) in [5.41, 5.74) is 0.235. The molecule has 0 aliphatic carbocycles. The Bertz CT molecular complexity index is 309. The number of rotatable bonds is 4. The fraction of sp³-hybridized carbons (Fsp3) is 0.500. The molecule has 0 aliphatic rings. The minimum absolute atomic E-state index is 0.235. The quantitative estimate of drug-likeness (QED) is 0.750. The smallest absolute Gasteiger partial charge is 0.354 e. The summed E-state index contributed by atoms with van der Waals surface area (Å²) in [6.07, 6.45) is 2.44. The van der Waals surface area contributed by atoms with Gasteiger partial charge in [0.2, 0.25) is 0 Å². The van der Waals surface area contributed by atoms with Gasteiger partial charge in [0.05, 0.1) is 6.20 Å². The van der Waals surface area contributed by atoms with E-state index in [0.29, 0.717) is 0 Å². The molecule has 5 heteroatoms. The lowest BCUT2D eigenvalue weighted by molar-refractivity contribution is 0.0685. The van der Waals surface area contributed by atoms with Gasteiger partial charge in [0, 0.05) is 12.8 Å². The van der Waals surface area contributed by atoms with Crippen LogP contribution < -0.4 is 0 Å². The number of carbonyl (C=O) groups is 1. The average Bonchev–Trinajstić information content (AvgIpc) is 2.43. The monoisotopic (exact) mass is 200 g/mol. The van der Waals surface area contributed by atoms with Gasteiger partial charge in [-0.15, -0.1) is 0 Å².